The Balaban J connectivity index is 1.61. The van der Waals surface area contributed by atoms with Gasteiger partial charge in [-0.3, -0.25) is 9.69 Å². The Morgan fingerprint density at radius 1 is 1.20 bits per heavy atom. The summed E-state index contributed by atoms with van der Waals surface area (Å²) in [6.07, 6.45) is 3.34. The number of hydrogen-bond acceptors (Lipinski definition) is 4. The molecule has 0 aliphatic carbocycles. The first-order valence-electron chi connectivity index (χ1n) is 8.69. The summed E-state index contributed by atoms with van der Waals surface area (Å²) < 4.78 is 5.37. The summed E-state index contributed by atoms with van der Waals surface area (Å²) in [6, 6.07) is 12.2. The van der Waals surface area contributed by atoms with Gasteiger partial charge in [0.1, 0.15) is 0 Å². The third kappa shape index (κ3) is 3.15. The maximum atomic E-state index is 12.4. The highest BCUT2D eigenvalue weighted by molar-refractivity contribution is 5.47. The largest absolute Gasteiger partial charge is 0.461 e. The fraction of sp³-hybridized carbons (Fsp3) is 0.300. The number of nitrogens with zero attached hydrogens (tertiary/aromatic N) is 2. The molecule has 2 aromatic heterocycles. The van der Waals surface area contributed by atoms with Gasteiger partial charge in [-0.2, -0.15) is 0 Å². The highest BCUT2D eigenvalue weighted by Crippen LogP contribution is 2.21. The Bertz CT molecular complexity index is 928. The summed E-state index contributed by atoms with van der Waals surface area (Å²) in [5.74, 6) is 1.10. The zero-order valence-electron chi connectivity index (χ0n) is 14.3. The molecule has 0 fully saturated rings. The van der Waals surface area contributed by atoms with Gasteiger partial charge in [0.05, 0.1) is 12.0 Å². The zero-order chi connectivity index (χ0) is 17.2. The number of aryl methyl sites for hydroxylation is 1. The molecule has 1 aliphatic heterocycles. The smallest absolute Gasteiger partial charge is 0.254 e. The maximum Gasteiger partial charge on any atom is 0.254 e. The first-order chi connectivity index (χ1) is 12.2. The van der Waals surface area contributed by atoms with Crippen molar-refractivity contribution in [2.75, 3.05) is 6.54 Å². The van der Waals surface area contributed by atoms with Crippen LogP contribution in [0.5, 0.6) is 0 Å². The van der Waals surface area contributed by atoms with Crippen molar-refractivity contribution in [3.8, 4) is 11.6 Å². The Hall–Kier alpha value is -2.66. The quantitative estimate of drug-likeness (QED) is 0.795. The second-order valence-electron chi connectivity index (χ2n) is 6.40. The second-order valence-corrected chi connectivity index (χ2v) is 6.40. The average Bonchev–Trinajstić information content (AvgIpc) is 3.16. The van der Waals surface area contributed by atoms with Crippen LogP contribution in [0.4, 0.5) is 0 Å². The summed E-state index contributed by atoms with van der Waals surface area (Å²) in [5, 5.41) is 0. The van der Waals surface area contributed by atoms with E-state index in [0.717, 1.165) is 37.2 Å². The maximum absolute atomic E-state index is 12.4. The molecule has 1 aromatic carbocycles. The lowest BCUT2D eigenvalue weighted by Crippen LogP contribution is -2.35. The molecular formula is C20H21N3O2. The van der Waals surface area contributed by atoms with E-state index in [1.807, 2.05) is 6.07 Å². The molecule has 25 heavy (non-hydrogen) atoms. The number of hydrogen-bond donors (Lipinski definition) is 1. The second kappa shape index (κ2) is 6.69. The van der Waals surface area contributed by atoms with E-state index in [2.05, 4.69) is 46.1 Å². The normalized spacial score (nSPS) is 14.4. The van der Waals surface area contributed by atoms with Crippen molar-refractivity contribution >= 4 is 0 Å². The molecule has 5 nitrogen and oxygen atoms in total. The Kier molecular flexibility index (Phi) is 4.24. The van der Waals surface area contributed by atoms with Gasteiger partial charge in [-0.1, -0.05) is 31.2 Å². The molecule has 1 aliphatic rings. The Morgan fingerprint density at radius 3 is 2.80 bits per heavy atom. The monoisotopic (exact) mass is 335 g/mol. The molecule has 0 saturated heterocycles. The number of H-pyrrole nitrogens is 1. The Labute approximate surface area is 146 Å². The number of furan rings is 1. The fourth-order valence-corrected chi connectivity index (χ4v) is 3.46. The van der Waals surface area contributed by atoms with E-state index >= 15 is 0 Å². The molecule has 0 unspecified atom stereocenters. The molecule has 0 atom stereocenters. The number of rotatable bonds is 4. The molecule has 0 saturated carbocycles. The van der Waals surface area contributed by atoms with Gasteiger partial charge in [-0.15, -0.1) is 0 Å². The lowest BCUT2D eigenvalue weighted by molar-refractivity contribution is 0.240. The minimum Gasteiger partial charge on any atom is -0.461 e. The molecule has 3 heterocycles. The summed E-state index contributed by atoms with van der Waals surface area (Å²) in [6.45, 7) is 4.62. The molecule has 0 radical (unpaired) electrons. The van der Waals surface area contributed by atoms with Crippen LogP contribution in [0.3, 0.4) is 0 Å². The summed E-state index contributed by atoms with van der Waals surface area (Å²) in [4.78, 5) is 22.2. The minimum atomic E-state index is -0.0509. The van der Waals surface area contributed by atoms with Crippen LogP contribution in [0, 0.1) is 0 Å². The molecule has 0 amide bonds. The standard InChI is InChI=1S/C20H21N3O2/c1-2-14-6-3-4-7-15(14)12-23-10-9-16-17(13-23)21-19(22-20(16)24)18-8-5-11-25-18/h3-8,11H,2,9-10,12-13H2,1H3,(H,21,22,24). The van der Waals surface area contributed by atoms with Crippen molar-refractivity contribution in [1.29, 1.82) is 0 Å². The van der Waals surface area contributed by atoms with Gasteiger partial charge in [0, 0.05) is 25.2 Å². The van der Waals surface area contributed by atoms with Crippen LogP contribution >= 0.6 is 0 Å². The highest BCUT2D eigenvalue weighted by Gasteiger charge is 2.22. The van der Waals surface area contributed by atoms with Crippen LogP contribution in [0.2, 0.25) is 0 Å². The number of nitrogens with one attached hydrogen (secondary N) is 1. The summed E-state index contributed by atoms with van der Waals surface area (Å²) in [7, 11) is 0. The minimum absolute atomic E-state index is 0.0509. The van der Waals surface area contributed by atoms with Crippen molar-refractivity contribution in [3.63, 3.8) is 0 Å². The van der Waals surface area contributed by atoms with E-state index < -0.39 is 0 Å². The number of fused-ring (bicyclic) bond motifs is 1. The third-order valence-corrected chi connectivity index (χ3v) is 4.80. The lowest BCUT2D eigenvalue weighted by atomic mass is 10.0. The van der Waals surface area contributed by atoms with E-state index in [9.17, 15) is 4.79 Å². The molecular weight excluding hydrogens is 314 g/mol. The van der Waals surface area contributed by atoms with E-state index in [-0.39, 0.29) is 5.56 Å². The van der Waals surface area contributed by atoms with Gasteiger partial charge in [-0.05, 0) is 36.1 Å². The van der Waals surface area contributed by atoms with E-state index in [4.69, 9.17) is 4.42 Å². The van der Waals surface area contributed by atoms with Gasteiger partial charge >= 0.3 is 0 Å². The number of benzene rings is 1. The highest BCUT2D eigenvalue weighted by atomic mass is 16.3. The Morgan fingerprint density at radius 2 is 2.04 bits per heavy atom. The topological polar surface area (TPSA) is 62.1 Å². The van der Waals surface area contributed by atoms with Crippen molar-refractivity contribution in [2.24, 2.45) is 0 Å². The van der Waals surface area contributed by atoms with E-state index in [1.54, 1.807) is 12.3 Å². The molecule has 5 heteroatoms. The van der Waals surface area contributed by atoms with Gasteiger partial charge in [-0.25, -0.2) is 4.98 Å². The van der Waals surface area contributed by atoms with Gasteiger partial charge < -0.3 is 9.40 Å². The van der Waals surface area contributed by atoms with E-state index in [0.29, 0.717) is 18.1 Å². The van der Waals surface area contributed by atoms with Crippen LogP contribution in [0.1, 0.15) is 29.3 Å². The van der Waals surface area contributed by atoms with Crippen molar-refractivity contribution in [2.45, 2.75) is 32.9 Å². The summed E-state index contributed by atoms with van der Waals surface area (Å²) >= 11 is 0. The number of aromatic nitrogens is 2. The van der Waals surface area contributed by atoms with Crippen molar-refractivity contribution < 1.29 is 4.42 Å². The molecule has 3 aromatic rings. The predicted molar refractivity (Wildman–Crippen MR) is 96.2 cm³/mol. The molecule has 4 rings (SSSR count). The van der Waals surface area contributed by atoms with Crippen LogP contribution in [-0.2, 0) is 25.9 Å². The lowest BCUT2D eigenvalue weighted by Gasteiger charge is -2.28. The van der Waals surface area contributed by atoms with Gasteiger partial charge in [0.2, 0.25) is 0 Å². The van der Waals surface area contributed by atoms with E-state index in [1.165, 1.54) is 11.1 Å². The zero-order valence-corrected chi connectivity index (χ0v) is 14.3. The molecule has 128 valence electrons. The first-order valence-corrected chi connectivity index (χ1v) is 8.69. The van der Waals surface area contributed by atoms with Crippen molar-refractivity contribution in [3.05, 3.63) is 75.4 Å². The van der Waals surface area contributed by atoms with Gasteiger partial charge in [0.15, 0.2) is 11.6 Å². The third-order valence-electron chi connectivity index (χ3n) is 4.80. The average molecular weight is 335 g/mol. The van der Waals surface area contributed by atoms with Crippen molar-refractivity contribution in [1.82, 2.24) is 14.9 Å². The fourth-order valence-electron chi connectivity index (χ4n) is 3.46. The summed E-state index contributed by atoms with van der Waals surface area (Å²) in [5.41, 5.74) is 4.34. The molecule has 0 bridgehead atoms. The number of aromatic amines is 1. The van der Waals surface area contributed by atoms with Crippen LogP contribution in [0.15, 0.2) is 51.9 Å². The molecule has 0 spiro atoms. The van der Waals surface area contributed by atoms with Crippen LogP contribution in [0.25, 0.3) is 11.6 Å². The van der Waals surface area contributed by atoms with Crippen LogP contribution < -0.4 is 5.56 Å². The molecule has 1 N–H and O–H groups in total. The first kappa shape index (κ1) is 15.8. The SMILES string of the molecule is CCc1ccccc1CN1CCc2c(nc(-c3ccco3)[nH]c2=O)C1. The predicted octanol–water partition coefficient (Wildman–Crippen LogP) is 3.15. The van der Waals surface area contributed by atoms with Crippen LogP contribution in [-0.4, -0.2) is 21.4 Å². The van der Waals surface area contributed by atoms with Gasteiger partial charge in [0.25, 0.3) is 5.56 Å².